The molecule has 0 N–H and O–H groups in total. The van der Waals surface area contributed by atoms with E-state index < -0.39 is 11.7 Å². The quantitative estimate of drug-likeness (QED) is 0.607. The second kappa shape index (κ2) is 6.82. The van der Waals surface area contributed by atoms with Crippen LogP contribution in [0.3, 0.4) is 0 Å². The van der Waals surface area contributed by atoms with Crippen molar-refractivity contribution in [1.29, 1.82) is 0 Å². The first-order valence-corrected chi connectivity index (χ1v) is 8.38. The summed E-state index contributed by atoms with van der Waals surface area (Å²) in [6.45, 7) is 6.14. The summed E-state index contributed by atoms with van der Waals surface area (Å²) in [6.07, 6.45) is 0.00541. The number of pyridine rings is 1. The van der Waals surface area contributed by atoms with Gasteiger partial charge in [-0.15, -0.1) is 4.73 Å². The predicted octanol–water partition coefficient (Wildman–Crippen LogP) is 3.54. The lowest BCUT2D eigenvalue weighted by molar-refractivity contribution is -0.620. The molecule has 2 aromatic rings. The molecule has 138 valence electrons. The molecule has 1 amide bonds. The lowest BCUT2D eigenvalue weighted by Crippen LogP contribution is -2.45. The van der Waals surface area contributed by atoms with Gasteiger partial charge in [-0.3, -0.25) is 0 Å². The predicted molar refractivity (Wildman–Crippen MR) is 92.2 cm³/mol. The van der Waals surface area contributed by atoms with E-state index in [-0.39, 0.29) is 11.7 Å². The first-order chi connectivity index (χ1) is 12.2. The Hall–Kier alpha value is -2.83. The lowest BCUT2D eigenvalue weighted by Gasteiger charge is -2.30. The molecule has 1 aliphatic rings. The molecule has 0 unspecified atom stereocenters. The van der Waals surface area contributed by atoms with Crippen molar-refractivity contribution in [3.8, 4) is 11.6 Å². The molecule has 3 rings (SSSR count). The molecular formula is C19H21FN2O4. The molecule has 1 aromatic carbocycles. The molecule has 26 heavy (non-hydrogen) atoms. The molecule has 1 aliphatic heterocycles. The third kappa shape index (κ3) is 4.04. The summed E-state index contributed by atoms with van der Waals surface area (Å²) >= 11 is 0. The van der Waals surface area contributed by atoms with Gasteiger partial charge in [0.15, 0.2) is 0 Å². The van der Waals surface area contributed by atoms with Crippen LogP contribution in [0, 0.1) is 11.0 Å². The highest BCUT2D eigenvalue weighted by molar-refractivity contribution is 5.68. The number of amides is 1. The Labute approximate surface area is 151 Å². The van der Waals surface area contributed by atoms with E-state index in [4.69, 9.17) is 9.47 Å². The minimum atomic E-state index is -0.567. The fraction of sp³-hybridized carbons (Fsp3) is 0.368. The van der Waals surface area contributed by atoms with Crippen LogP contribution in [-0.2, 0) is 17.7 Å². The zero-order valence-electron chi connectivity index (χ0n) is 15.0. The molecular weight excluding hydrogens is 339 g/mol. The Morgan fingerprint density at radius 1 is 1.19 bits per heavy atom. The molecule has 6 nitrogen and oxygen atoms in total. The zero-order valence-corrected chi connectivity index (χ0v) is 15.0. The van der Waals surface area contributed by atoms with Crippen molar-refractivity contribution in [2.24, 2.45) is 0 Å². The van der Waals surface area contributed by atoms with Crippen molar-refractivity contribution >= 4 is 6.09 Å². The van der Waals surface area contributed by atoms with Crippen molar-refractivity contribution in [2.45, 2.75) is 39.3 Å². The molecule has 1 aromatic heterocycles. The Balaban J connectivity index is 1.76. The van der Waals surface area contributed by atoms with Crippen LogP contribution in [0.5, 0.6) is 11.6 Å². The number of hydrogen-bond acceptors (Lipinski definition) is 4. The summed E-state index contributed by atoms with van der Waals surface area (Å²) in [7, 11) is 0. The molecule has 0 saturated carbocycles. The minimum Gasteiger partial charge on any atom is -0.616 e. The summed E-state index contributed by atoms with van der Waals surface area (Å²) in [5.41, 5.74) is 0.746. The maximum Gasteiger partial charge on any atom is 0.410 e. The van der Waals surface area contributed by atoms with Crippen molar-refractivity contribution in [1.82, 2.24) is 4.90 Å². The number of carbonyl (C=O) groups excluding carboxylic acids is 1. The van der Waals surface area contributed by atoms with Gasteiger partial charge in [0, 0.05) is 12.1 Å². The molecule has 0 saturated heterocycles. The molecule has 7 heteroatoms. The van der Waals surface area contributed by atoms with E-state index in [1.54, 1.807) is 17.0 Å². The SMILES string of the molecule is CC(C)(C)OC(=O)N1CCc2c(ccc(Oc3ccc(F)cc3)[n+]2[O-])C1. The first-order valence-electron chi connectivity index (χ1n) is 8.38. The van der Waals surface area contributed by atoms with E-state index in [2.05, 4.69) is 0 Å². The van der Waals surface area contributed by atoms with Crippen molar-refractivity contribution in [3.63, 3.8) is 0 Å². The number of ether oxygens (including phenoxy) is 2. The fourth-order valence-electron chi connectivity index (χ4n) is 2.71. The van der Waals surface area contributed by atoms with E-state index in [9.17, 15) is 14.4 Å². The highest BCUT2D eigenvalue weighted by atomic mass is 19.1. The van der Waals surface area contributed by atoms with Crippen LogP contribution in [-0.4, -0.2) is 23.1 Å². The molecule has 2 heterocycles. The summed E-state index contributed by atoms with van der Waals surface area (Å²) in [5, 5.41) is 12.6. The second-order valence-electron chi connectivity index (χ2n) is 7.15. The molecule has 0 fully saturated rings. The highest BCUT2D eigenvalue weighted by Gasteiger charge is 2.30. The number of benzene rings is 1. The smallest absolute Gasteiger partial charge is 0.410 e. The van der Waals surface area contributed by atoms with E-state index in [0.717, 1.165) is 10.3 Å². The number of rotatable bonds is 2. The van der Waals surface area contributed by atoms with E-state index >= 15 is 0 Å². The molecule has 0 bridgehead atoms. The van der Waals surface area contributed by atoms with Crippen LogP contribution in [0.25, 0.3) is 0 Å². The van der Waals surface area contributed by atoms with Crippen LogP contribution in [0.4, 0.5) is 9.18 Å². The highest BCUT2D eigenvalue weighted by Crippen LogP contribution is 2.24. The van der Waals surface area contributed by atoms with Gasteiger partial charge in [-0.05, 0) is 51.1 Å². The molecule has 0 spiro atoms. The summed E-state index contributed by atoms with van der Waals surface area (Å²) < 4.78 is 24.6. The Kier molecular flexibility index (Phi) is 4.71. The van der Waals surface area contributed by atoms with Gasteiger partial charge in [0.1, 0.15) is 17.2 Å². The monoisotopic (exact) mass is 360 g/mol. The normalized spacial score (nSPS) is 13.9. The van der Waals surface area contributed by atoms with E-state index in [1.165, 1.54) is 24.3 Å². The van der Waals surface area contributed by atoms with Crippen molar-refractivity contribution in [2.75, 3.05) is 6.54 Å². The Bertz CT molecular complexity index is 816. The number of hydrogen-bond donors (Lipinski definition) is 0. The average Bonchev–Trinajstić information content (AvgIpc) is 2.57. The van der Waals surface area contributed by atoms with Gasteiger partial charge in [-0.2, -0.15) is 0 Å². The van der Waals surface area contributed by atoms with Gasteiger partial charge < -0.3 is 19.6 Å². The Morgan fingerprint density at radius 2 is 1.88 bits per heavy atom. The fourth-order valence-corrected chi connectivity index (χ4v) is 2.71. The largest absolute Gasteiger partial charge is 0.616 e. The second-order valence-corrected chi connectivity index (χ2v) is 7.15. The third-order valence-electron chi connectivity index (χ3n) is 3.91. The summed E-state index contributed by atoms with van der Waals surface area (Å²) in [6, 6.07) is 8.76. The molecule has 0 radical (unpaired) electrons. The lowest BCUT2D eigenvalue weighted by atomic mass is 10.1. The minimum absolute atomic E-state index is 0.112. The van der Waals surface area contributed by atoms with Gasteiger partial charge in [0.05, 0.1) is 19.0 Å². The summed E-state index contributed by atoms with van der Waals surface area (Å²) in [4.78, 5) is 13.8. The third-order valence-corrected chi connectivity index (χ3v) is 3.91. The number of nitrogens with zero attached hydrogens (tertiary/aromatic N) is 2. The maximum absolute atomic E-state index is 13.0. The van der Waals surface area contributed by atoms with Crippen molar-refractivity contribution < 1.29 is 23.4 Å². The summed E-state index contributed by atoms with van der Waals surface area (Å²) in [5.74, 6) is 0.114. The molecule has 0 atom stereocenters. The number of halogens is 1. The average molecular weight is 360 g/mol. The number of fused-ring (bicyclic) bond motifs is 1. The number of carbonyl (C=O) groups is 1. The van der Waals surface area contributed by atoms with Gasteiger partial charge in [-0.25, -0.2) is 9.18 Å². The van der Waals surface area contributed by atoms with Crippen molar-refractivity contribution in [3.05, 3.63) is 58.7 Å². The standard InChI is InChI=1S/C19H21FN2O4/c1-19(2,3)26-18(23)21-11-10-16-13(12-21)4-9-17(22(16)24)25-15-7-5-14(20)6-8-15/h4-9H,10-12H2,1-3H3. The van der Waals surface area contributed by atoms with Gasteiger partial charge in [0.2, 0.25) is 5.69 Å². The van der Waals surface area contributed by atoms with Gasteiger partial charge in [-0.1, -0.05) is 0 Å². The van der Waals surface area contributed by atoms with Gasteiger partial charge >= 0.3 is 12.0 Å². The number of aromatic nitrogens is 1. The first kappa shape index (κ1) is 18.0. The van der Waals surface area contributed by atoms with Crippen LogP contribution in [0.15, 0.2) is 36.4 Å². The van der Waals surface area contributed by atoms with E-state index in [0.29, 0.717) is 31.0 Å². The van der Waals surface area contributed by atoms with Crippen LogP contribution < -0.4 is 9.47 Å². The van der Waals surface area contributed by atoms with Crippen LogP contribution in [0.1, 0.15) is 32.0 Å². The van der Waals surface area contributed by atoms with Gasteiger partial charge in [0.25, 0.3) is 0 Å². The van der Waals surface area contributed by atoms with E-state index in [1.807, 2.05) is 20.8 Å². The van der Waals surface area contributed by atoms with Crippen LogP contribution in [0.2, 0.25) is 0 Å². The Morgan fingerprint density at radius 3 is 2.54 bits per heavy atom. The van der Waals surface area contributed by atoms with Crippen LogP contribution >= 0.6 is 0 Å². The molecule has 0 aliphatic carbocycles. The maximum atomic E-state index is 13.0. The zero-order chi connectivity index (χ0) is 18.9. The topological polar surface area (TPSA) is 65.7 Å².